The number of amides is 2. The highest BCUT2D eigenvalue weighted by Gasteiger charge is 2.36. The van der Waals surface area contributed by atoms with E-state index in [9.17, 15) is 14.0 Å². The summed E-state index contributed by atoms with van der Waals surface area (Å²) in [6, 6.07) is 7.46. The zero-order chi connectivity index (χ0) is 23.5. The maximum Gasteiger partial charge on any atom is 0.268 e. The predicted molar refractivity (Wildman–Crippen MR) is 117 cm³/mol. The molecule has 1 aromatic carbocycles. The molecule has 170 valence electrons. The van der Waals surface area contributed by atoms with Gasteiger partial charge in [-0.15, -0.1) is 0 Å². The number of carbonyl (C=O) groups excluding carboxylic acids is 2. The van der Waals surface area contributed by atoms with E-state index in [0.29, 0.717) is 11.5 Å². The SMILES string of the molecule is CC(C)C(NC(=O)C1=NN(c2ccc(F)cc2)C(C(N)=O)C1)c1nc(-c2ccncc2)no1. The van der Waals surface area contributed by atoms with Gasteiger partial charge in [-0.25, -0.2) is 4.39 Å². The van der Waals surface area contributed by atoms with Crippen LogP contribution >= 0.6 is 0 Å². The second-order valence-electron chi connectivity index (χ2n) is 7.88. The van der Waals surface area contributed by atoms with Gasteiger partial charge in [-0.1, -0.05) is 19.0 Å². The topological polar surface area (TPSA) is 140 Å². The molecule has 10 nitrogen and oxygen atoms in total. The molecule has 2 unspecified atom stereocenters. The van der Waals surface area contributed by atoms with Crippen molar-refractivity contribution in [2.75, 3.05) is 5.01 Å². The Morgan fingerprint density at radius 2 is 1.88 bits per heavy atom. The zero-order valence-corrected chi connectivity index (χ0v) is 18.0. The van der Waals surface area contributed by atoms with Gasteiger partial charge in [-0.3, -0.25) is 19.6 Å². The Kier molecular flexibility index (Phi) is 6.11. The van der Waals surface area contributed by atoms with Gasteiger partial charge in [0.1, 0.15) is 23.6 Å². The van der Waals surface area contributed by atoms with Crippen LogP contribution in [0.1, 0.15) is 32.2 Å². The third-order valence-electron chi connectivity index (χ3n) is 5.19. The number of carbonyl (C=O) groups is 2. The monoisotopic (exact) mass is 451 g/mol. The first-order valence-corrected chi connectivity index (χ1v) is 10.3. The average molecular weight is 451 g/mol. The summed E-state index contributed by atoms with van der Waals surface area (Å²) in [4.78, 5) is 33.4. The first-order chi connectivity index (χ1) is 15.8. The average Bonchev–Trinajstić information content (AvgIpc) is 3.46. The van der Waals surface area contributed by atoms with Gasteiger partial charge in [-0.2, -0.15) is 10.1 Å². The maximum atomic E-state index is 13.3. The van der Waals surface area contributed by atoms with Crippen molar-refractivity contribution in [3.8, 4) is 11.4 Å². The van der Waals surface area contributed by atoms with Crippen LogP contribution in [0.15, 0.2) is 58.4 Å². The van der Waals surface area contributed by atoms with Gasteiger partial charge in [0.2, 0.25) is 17.6 Å². The van der Waals surface area contributed by atoms with E-state index in [4.69, 9.17) is 10.3 Å². The predicted octanol–water partition coefficient (Wildman–Crippen LogP) is 2.20. The van der Waals surface area contributed by atoms with Gasteiger partial charge in [0.05, 0.1) is 5.69 Å². The van der Waals surface area contributed by atoms with E-state index in [0.717, 1.165) is 5.56 Å². The number of halogens is 1. The molecule has 33 heavy (non-hydrogen) atoms. The fourth-order valence-electron chi connectivity index (χ4n) is 3.42. The molecule has 2 amide bonds. The van der Waals surface area contributed by atoms with Crippen molar-refractivity contribution in [3.63, 3.8) is 0 Å². The fourth-order valence-corrected chi connectivity index (χ4v) is 3.42. The minimum absolute atomic E-state index is 0.00938. The molecule has 0 spiro atoms. The van der Waals surface area contributed by atoms with Crippen molar-refractivity contribution in [2.45, 2.75) is 32.4 Å². The van der Waals surface area contributed by atoms with Crippen LogP contribution in [0.4, 0.5) is 10.1 Å². The number of nitrogens with zero attached hydrogens (tertiary/aromatic N) is 5. The van der Waals surface area contributed by atoms with Gasteiger partial charge in [-0.05, 0) is 42.3 Å². The lowest BCUT2D eigenvalue weighted by molar-refractivity contribution is -0.119. The minimum Gasteiger partial charge on any atom is -0.368 e. The lowest BCUT2D eigenvalue weighted by atomic mass is 10.0. The van der Waals surface area contributed by atoms with Crippen molar-refractivity contribution in [1.82, 2.24) is 20.4 Å². The molecule has 1 aliphatic heterocycles. The number of hydrogen-bond acceptors (Lipinski definition) is 8. The number of primary amides is 1. The van der Waals surface area contributed by atoms with Crippen molar-refractivity contribution < 1.29 is 18.5 Å². The molecule has 0 radical (unpaired) electrons. The van der Waals surface area contributed by atoms with Crippen molar-refractivity contribution in [2.24, 2.45) is 16.8 Å². The number of nitrogens with one attached hydrogen (secondary N) is 1. The molecular formula is C22H22FN7O3. The van der Waals surface area contributed by atoms with E-state index >= 15 is 0 Å². The molecule has 0 aliphatic carbocycles. The highest BCUT2D eigenvalue weighted by molar-refractivity contribution is 6.40. The summed E-state index contributed by atoms with van der Waals surface area (Å²) in [6.07, 6.45) is 3.25. The number of pyridine rings is 1. The molecule has 2 aromatic heterocycles. The van der Waals surface area contributed by atoms with Crippen LogP contribution in [0.3, 0.4) is 0 Å². The molecule has 3 N–H and O–H groups in total. The first-order valence-electron chi connectivity index (χ1n) is 10.3. The standard InChI is InChI=1S/C22H22FN7O3/c1-12(2)18(22-27-20(29-33-22)13-7-9-25-10-8-13)26-21(32)16-11-17(19(24)31)30(28-16)15-5-3-14(23)4-6-15/h3-10,12,17-18H,11H2,1-2H3,(H2,24,31)(H,26,32). The summed E-state index contributed by atoms with van der Waals surface area (Å²) < 4.78 is 18.7. The number of rotatable bonds is 7. The number of benzene rings is 1. The maximum absolute atomic E-state index is 13.3. The van der Waals surface area contributed by atoms with Gasteiger partial charge in [0, 0.05) is 24.4 Å². The molecule has 2 atom stereocenters. The molecule has 0 saturated carbocycles. The van der Waals surface area contributed by atoms with Crippen molar-refractivity contribution >= 4 is 23.2 Å². The molecule has 11 heteroatoms. The van der Waals surface area contributed by atoms with E-state index in [1.54, 1.807) is 24.5 Å². The second kappa shape index (κ2) is 9.15. The zero-order valence-electron chi connectivity index (χ0n) is 18.0. The Bertz CT molecular complexity index is 1180. The third-order valence-corrected chi connectivity index (χ3v) is 5.19. The number of hydrazone groups is 1. The normalized spacial score (nSPS) is 16.5. The summed E-state index contributed by atoms with van der Waals surface area (Å²) in [5.74, 6) is -1.03. The lowest BCUT2D eigenvalue weighted by Crippen LogP contribution is -2.40. The van der Waals surface area contributed by atoms with Crippen LogP contribution in [0, 0.1) is 11.7 Å². The molecular weight excluding hydrogens is 429 g/mol. The Morgan fingerprint density at radius 1 is 1.18 bits per heavy atom. The van der Waals surface area contributed by atoms with Crippen LogP contribution in [0.25, 0.3) is 11.4 Å². The molecule has 1 aliphatic rings. The minimum atomic E-state index is -0.865. The van der Waals surface area contributed by atoms with E-state index in [1.807, 2.05) is 13.8 Å². The summed E-state index contributed by atoms with van der Waals surface area (Å²) in [6.45, 7) is 3.80. The fraction of sp³-hybridized carbons (Fsp3) is 0.273. The van der Waals surface area contributed by atoms with E-state index in [1.165, 1.54) is 29.3 Å². The quantitative estimate of drug-likeness (QED) is 0.561. The molecule has 0 fully saturated rings. The number of hydrogen-bond donors (Lipinski definition) is 2. The van der Waals surface area contributed by atoms with Gasteiger partial charge < -0.3 is 15.6 Å². The number of anilines is 1. The first kappa shape index (κ1) is 22.1. The van der Waals surface area contributed by atoms with Crippen LogP contribution in [-0.4, -0.2) is 38.7 Å². The van der Waals surface area contributed by atoms with E-state index in [-0.39, 0.29) is 23.9 Å². The van der Waals surface area contributed by atoms with Crippen LogP contribution in [-0.2, 0) is 9.59 Å². The van der Waals surface area contributed by atoms with Gasteiger partial charge in [0.15, 0.2) is 0 Å². The smallest absolute Gasteiger partial charge is 0.268 e. The molecule has 3 aromatic rings. The Morgan fingerprint density at radius 3 is 2.52 bits per heavy atom. The molecule has 4 rings (SSSR count). The van der Waals surface area contributed by atoms with E-state index < -0.39 is 29.7 Å². The van der Waals surface area contributed by atoms with Gasteiger partial charge in [0.25, 0.3) is 5.91 Å². The van der Waals surface area contributed by atoms with Crippen LogP contribution in [0.5, 0.6) is 0 Å². The number of aromatic nitrogens is 3. The third kappa shape index (κ3) is 4.71. The van der Waals surface area contributed by atoms with Crippen molar-refractivity contribution in [1.29, 1.82) is 0 Å². The molecule has 0 bridgehead atoms. The lowest BCUT2D eigenvalue weighted by Gasteiger charge is -2.20. The van der Waals surface area contributed by atoms with Crippen molar-refractivity contribution in [3.05, 3.63) is 60.5 Å². The largest absolute Gasteiger partial charge is 0.368 e. The van der Waals surface area contributed by atoms with Crippen LogP contribution in [0.2, 0.25) is 0 Å². The highest BCUT2D eigenvalue weighted by Crippen LogP contribution is 2.27. The summed E-state index contributed by atoms with van der Waals surface area (Å²) in [5, 5.41) is 12.5. The Labute approximate surface area is 188 Å². The Balaban J connectivity index is 1.55. The summed E-state index contributed by atoms with van der Waals surface area (Å²) >= 11 is 0. The van der Waals surface area contributed by atoms with Gasteiger partial charge >= 0.3 is 0 Å². The highest BCUT2D eigenvalue weighted by atomic mass is 19.1. The summed E-state index contributed by atoms with van der Waals surface area (Å²) in [5.41, 5.74) is 6.81. The van der Waals surface area contributed by atoms with Crippen LogP contribution < -0.4 is 16.1 Å². The summed E-state index contributed by atoms with van der Waals surface area (Å²) in [7, 11) is 0. The molecule has 3 heterocycles. The number of nitrogens with two attached hydrogens (primary N) is 1. The second-order valence-corrected chi connectivity index (χ2v) is 7.88. The van der Waals surface area contributed by atoms with E-state index in [2.05, 4.69) is 25.5 Å². The molecule has 0 saturated heterocycles. The Hall–Kier alpha value is -4.15.